The van der Waals surface area contributed by atoms with Crippen LogP contribution in [0.25, 0.3) is 0 Å². The molecular weight excluding hydrogens is 590 g/mol. The molecule has 2 N–H and O–H groups in total. The molecule has 0 heterocycles. The van der Waals surface area contributed by atoms with Gasteiger partial charge in [0.15, 0.2) is 0 Å². The quantitative estimate of drug-likeness (QED) is 0.106. The maximum Gasteiger partial charge on any atom is 0.326 e. The van der Waals surface area contributed by atoms with Crippen LogP contribution in [0.15, 0.2) is 0 Å². The van der Waals surface area contributed by atoms with Crippen LogP contribution < -0.4 is 5.32 Å². The Labute approximate surface area is 297 Å². The minimum absolute atomic E-state index is 0.0657. The summed E-state index contributed by atoms with van der Waals surface area (Å²) in [4.78, 5) is 25.2. The number of carbonyl (C=O) groups excluding carboxylic acids is 1. The smallest absolute Gasteiger partial charge is 0.326 e. The average molecular weight is 670 g/mol. The molecule has 4 aliphatic rings. The zero-order valence-electron chi connectivity index (χ0n) is 32.3. The van der Waals surface area contributed by atoms with Crippen LogP contribution in [0.2, 0.25) is 0 Å². The highest BCUT2D eigenvalue weighted by Crippen LogP contribution is 2.68. The lowest BCUT2D eigenvalue weighted by molar-refractivity contribution is -0.143. The second kappa shape index (κ2) is 20.1. The van der Waals surface area contributed by atoms with E-state index in [0.717, 1.165) is 36.5 Å². The van der Waals surface area contributed by atoms with Gasteiger partial charge in [-0.2, -0.15) is 0 Å². The summed E-state index contributed by atoms with van der Waals surface area (Å²) in [6.07, 6.45) is 37.5. The van der Waals surface area contributed by atoms with Crippen molar-refractivity contribution in [2.45, 2.75) is 220 Å². The molecule has 4 heteroatoms. The first-order valence-corrected chi connectivity index (χ1v) is 21.7. The van der Waals surface area contributed by atoms with Crippen LogP contribution >= 0.6 is 0 Å². The molecular formula is C44H79NO3. The predicted molar refractivity (Wildman–Crippen MR) is 202 cm³/mol. The molecule has 0 aromatic rings. The minimum atomic E-state index is -0.857. The second-order valence-corrected chi connectivity index (χ2v) is 18.2. The predicted octanol–water partition coefficient (Wildman–Crippen LogP) is 12.7. The number of amides is 1. The van der Waals surface area contributed by atoms with Gasteiger partial charge in [-0.1, -0.05) is 143 Å². The van der Waals surface area contributed by atoms with Gasteiger partial charge in [-0.05, 0) is 111 Å². The molecule has 9 atom stereocenters. The second-order valence-electron chi connectivity index (χ2n) is 18.2. The van der Waals surface area contributed by atoms with E-state index < -0.39 is 12.0 Å². The van der Waals surface area contributed by atoms with Crippen molar-refractivity contribution < 1.29 is 14.7 Å². The van der Waals surface area contributed by atoms with E-state index in [1.807, 2.05) is 0 Å². The van der Waals surface area contributed by atoms with Crippen molar-refractivity contribution in [2.24, 2.45) is 46.3 Å². The number of unbranched alkanes of at least 4 members (excludes halogenated alkanes) is 16. The van der Waals surface area contributed by atoms with Crippen LogP contribution in [0, 0.1) is 46.3 Å². The normalized spacial score (nSPS) is 32.5. The maximum atomic E-state index is 12.8. The molecule has 0 bridgehead atoms. The van der Waals surface area contributed by atoms with Crippen molar-refractivity contribution in [1.82, 2.24) is 5.32 Å². The summed E-state index contributed by atoms with van der Waals surface area (Å²) in [6, 6.07) is -0.756. The number of nitrogens with one attached hydrogen (secondary N) is 1. The van der Waals surface area contributed by atoms with Crippen LogP contribution in [0.3, 0.4) is 0 Å². The minimum Gasteiger partial charge on any atom is -0.480 e. The van der Waals surface area contributed by atoms with Gasteiger partial charge in [0.05, 0.1) is 0 Å². The summed E-state index contributed by atoms with van der Waals surface area (Å²) in [6.45, 7) is 9.81. The summed E-state index contributed by atoms with van der Waals surface area (Å²) < 4.78 is 0. The Morgan fingerprint density at radius 3 is 1.81 bits per heavy atom. The van der Waals surface area contributed by atoms with Crippen LogP contribution in [0.1, 0.15) is 214 Å². The molecule has 278 valence electrons. The third-order valence-corrected chi connectivity index (χ3v) is 15.1. The topological polar surface area (TPSA) is 66.4 Å². The van der Waals surface area contributed by atoms with Crippen LogP contribution in [-0.2, 0) is 9.59 Å². The molecule has 3 unspecified atom stereocenters. The van der Waals surface area contributed by atoms with Crippen LogP contribution in [-0.4, -0.2) is 23.0 Å². The SMILES string of the molecule is CCCCCCCCCCCCCCCCCCCC(=O)NC(CC(C)[C@H]1CC[C@H]2[C@@H]3CCC4CCCC[C@]4(C)[C@H]3CC[C@]12C)C(=O)O. The van der Waals surface area contributed by atoms with Crippen molar-refractivity contribution >= 4 is 11.9 Å². The monoisotopic (exact) mass is 670 g/mol. The highest BCUT2D eigenvalue weighted by atomic mass is 16.4. The summed E-state index contributed by atoms with van der Waals surface area (Å²) in [5.74, 6) is 3.51. The first-order chi connectivity index (χ1) is 23.2. The Hall–Kier alpha value is -1.06. The number of carboxylic acids is 1. The molecule has 4 nitrogen and oxygen atoms in total. The maximum absolute atomic E-state index is 12.8. The number of carboxylic acid groups (broad SMARTS) is 1. The summed E-state index contributed by atoms with van der Waals surface area (Å²) >= 11 is 0. The lowest BCUT2D eigenvalue weighted by Gasteiger charge is -2.61. The van der Waals surface area contributed by atoms with Gasteiger partial charge in [0, 0.05) is 6.42 Å². The Morgan fingerprint density at radius 2 is 1.23 bits per heavy atom. The summed E-state index contributed by atoms with van der Waals surface area (Å²) in [7, 11) is 0. The third kappa shape index (κ3) is 10.7. The molecule has 0 aromatic carbocycles. The molecule has 48 heavy (non-hydrogen) atoms. The molecule has 0 saturated heterocycles. The molecule has 0 aliphatic heterocycles. The van der Waals surface area contributed by atoms with E-state index in [0.29, 0.717) is 35.5 Å². The molecule has 1 amide bonds. The lowest BCUT2D eigenvalue weighted by Crippen LogP contribution is -2.53. The molecule has 4 aliphatic carbocycles. The zero-order chi connectivity index (χ0) is 34.4. The van der Waals surface area contributed by atoms with Crippen LogP contribution in [0.4, 0.5) is 0 Å². The first-order valence-electron chi connectivity index (χ1n) is 21.7. The summed E-state index contributed by atoms with van der Waals surface area (Å²) in [5.41, 5.74) is 0.899. The van der Waals surface area contributed by atoms with Gasteiger partial charge in [0.2, 0.25) is 5.91 Å². The van der Waals surface area contributed by atoms with E-state index in [-0.39, 0.29) is 5.91 Å². The molecule has 4 fully saturated rings. The molecule has 4 saturated carbocycles. The number of rotatable bonds is 23. The van der Waals surface area contributed by atoms with Crippen molar-refractivity contribution in [1.29, 1.82) is 0 Å². The highest BCUT2D eigenvalue weighted by Gasteiger charge is 2.60. The number of hydrogen-bond acceptors (Lipinski definition) is 2. The van der Waals surface area contributed by atoms with E-state index in [9.17, 15) is 14.7 Å². The van der Waals surface area contributed by atoms with E-state index in [4.69, 9.17) is 0 Å². The number of fused-ring (bicyclic) bond motifs is 5. The number of aliphatic carboxylic acids is 1. The largest absolute Gasteiger partial charge is 0.480 e. The van der Waals surface area contributed by atoms with E-state index in [2.05, 4.69) is 33.0 Å². The summed E-state index contributed by atoms with van der Waals surface area (Å²) in [5, 5.41) is 13.1. The molecule has 0 spiro atoms. The van der Waals surface area contributed by atoms with Crippen molar-refractivity contribution in [2.75, 3.05) is 0 Å². The third-order valence-electron chi connectivity index (χ3n) is 15.1. The van der Waals surface area contributed by atoms with Gasteiger partial charge >= 0.3 is 5.97 Å². The molecule has 0 radical (unpaired) electrons. The van der Waals surface area contributed by atoms with Gasteiger partial charge in [-0.3, -0.25) is 4.79 Å². The zero-order valence-corrected chi connectivity index (χ0v) is 32.3. The Morgan fingerprint density at radius 1 is 0.667 bits per heavy atom. The van der Waals surface area contributed by atoms with Gasteiger partial charge in [-0.15, -0.1) is 0 Å². The fourth-order valence-electron chi connectivity index (χ4n) is 12.3. The van der Waals surface area contributed by atoms with E-state index in [1.54, 1.807) is 0 Å². The van der Waals surface area contributed by atoms with Gasteiger partial charge in [0.25, 0.3) is 0 Å². The number of hydrogen-bond donors (Lipinski definition) is 2. The first kappa shape index (κ1) is 39.7. The molecule has 0 aromatic heterocycles. The highest BCUT2D eigenvalue weighted by molar-refractivity contribution is 5.83. The fourth-order valence-corrected chi connectivity index (χ4v) is 12.3. The Kier molecular flexibility index (Phi) is 16.6. The Balaban J connectivity index is 1.07. The van der Waals surface area contributed by atoms with Gasteiger partial charge in [-0.25, -0.2) is 4.79 Å². The lowest BCUT2D eigenvalue weighted by atomic mass is 9.44. The number of carbonyl (C=O) groups is 2. The van der Waals surface area contributed by atoms with Crippen molar-refractivity contribution in [3.8, 4) is 0 Å². The van der Waals surface area contributed by atoms with Gasteiger partial charge in [0.1, 0.15) is 6.04 Å². The van der Waals surface area contributed by atoms with Crippen molar-refractivity contribution in [3.05, 3.63) is 0 Å². The van der Waals surface area contributed by atoms with Crippen molar-refractivity contribution in [3.63, 3.8) is 0 Å². The van der Waals surface area contributed by atoms with Crippen LogP contribution in [0.5, 0.6) is 0 Å². The van der Waals surface area contributed by atoms with Gasteiger partial charge < -0.3 is 10.4 Å². The molecule has 4 rings (SSSR count). The fraction of sp³-hybridized carbons (Fsp3) is 0.955. The van der Waals surface area contributed by atoms with E-state index >= 15 is 0 Å². The van der Waals surface area contributed by atoms with E-state index in [1.165, 1.54) is 161 Å². The standard InChI is InChI=1S/C44H79NO3/c1-5-6-7-8-9-10-11-12-13-14-15-16-17-18-19-20-21-25-41(46)45-40(42(47)48)33-34(2)37-28-29-38-36-27-26-35-24-22-23-31-43(35,3)39(36)30-32-44(37,38)4/h34-40H,5-33H2,1-4H3,(H,45,46)(H,47,48)/t34?,35?,36-,37+,38-,39-,40?,43-,44+/m0/s1. The Bertz CT molecular complexity index is 949. The average Bonchev–Trinajstić information content (AvgIpc) is 3.43.